The Balaban J connectivity index is 1.93. The lowest BCUT2D eigenvalue weighted by Gasteiger charge is -2.17. The molecule has 1 aromatic rings. The molecule has 0 unspecified atom stereocenters. The average molecular weight is 232 g/mol. The minimum atomic E-state index is -0.367. The van der Waals surface area contributed by atoms with Gasteiger partial charge in [0.15, 0.2) is 0 Å². The van der Waals surface area contributed by atoms with Crippen molar-refractivity contribution in [2.45, 2.75) is 31.8 Å². The van der Waals surface area contributed by atoms with Gasteiger partial charge < -0.3 is 10.6 Å². The molecule has 0 saturated carbocycles. The number of nitrogens with one attached hydrogen (secondary N) is 2. The lowest BCUT2D eigenvalue weighted by atomic mass is 10.1. The Kier molecular flexibility index (Phi) is 3.42. The summed E-state index contributed by atoms with van der Waals surface area (Å²) in [7, 11) is 0. The molecule has 90 valence electrons. The molecule has 2 rings (SSSR count). The number of hydrogen-bond acceptors (Lipinski definition) is 2. The lowest BCUT2D eigenvalue weighted by Crippen LogP contribution is -2.42. The lowest BCUT2D eigenvalue weighted by molar-refractivity contribution is -0.126. The molecule has 17 heavy (non-hydrogen) atoms. The maximum atomic E-state index is 11.8. The first-order chi connectivity index (χ1) is 8.16. The third kappa shape index (κ3) is 2.84. The normalized spacial score (nSPS) is 20.8. The maximum absolute atomic E-state index is 11.8. The van der Waals surface area contributed by atoms with Gasteiger partial charge in [-0.2, -0.15) is 0 Å². The molecule has 2 amide bonds. The predicted octanol–water partition coefficient (Wildman–Crippen LogP) is 1.14. The summed E-state index contributed by atoms with van der Waals surface area (Å²) >= 11 is 0. The van der Waals surface area contributed by atoms with Crippen LogP contribution >= 0.6 is 0 Å². The highest BCUT2D eigenvalue weighted by molar-refractivity contribution is 5.90. The largest absolute Gasteiger partial charge is 0.348 e. The topological polar surface area (TPSA) is 58.2 Å². The number of benzene rings is 1. The van der Waals surface area contributed by atoms with Crippen LogP contribution in [0, 0.1) is 0 Å². The highest BCUT2D eigenvalue weighted by atomic mass is 16.2. The minimum absolute atomic E-state index is 0.0406. The fourth-order valence-corrected chi connectivity index (χ4v) is 1.95. The van der Waals surface area contributed by atoms with E-state index in [4.69, 9.17) is 0 Å². The predicted molar refractivity (Wildman–Crippen MR) is 64.2 cm³/mol. The van der Waals surface area contributed by atoms with Crippen LogP contribution in [-0.2, 0) is 9.59 Å². The third-order valence-electron chi connectivity index (χ3n) is 2.97. The highest BCUT2D eigenvalue weighted by Crippen LogP contribution is 2.13. The van der Waals surface area contributed by atoms with Crippen molar-refractivity contribution < 1.29 is 9.59 Å². The second-order valence-electron chi connectivity index (χ2n) is 4.30. The smallest absolute Gasteiger partial charge is 0.243 e. The van der Waals surface area contributed by atoms with Gasteiger partial charge in [-0.1, -0.05) is 30.3 Å². The SMILES string of the molecule is C[C@H](NC(=O)[C@@H]1CCC(=O)N1)c1ccccc1. The molecule has 1 aliphatic rings. The van der Waals surface area contributed by atoms with Crippen LogP contribution in [0.1, 0.15) is 31.4 Å². The van der Waals surface area contributed by atoms with Gasteiger partial charge >= 0.3 is 0 Å². The molecule has 1 heterocycles. The highest BCUT2D eigenvalue weighted by Gasteiger charge is 2.27. The van der Waals surface area contributed by atoms with Gasteiger partial charge in [-0.25, -0.2) is 0 Å². The van der Waals surface area contributed by atoms with Gasteiger partial charge in [0.25, 0.3) is 0 Å². The summed E-state index contributed by atoms with van der Waals surface area (Å²) in [4.78, 5) is 22.9. The summed E-state index contributed by atoms with van der Waals surface area (Å²) in [5.41, 5.74) is 1.06. The summed E-state index contributed by atoms with van der Waals surface area (Å²) in [6.07, 6.45) is 1.03. The van der Waals surface area contributed by atoms with Crippen molar-refractivity contribution in [2.24, 2.45) is 0 Å². The van der Waals surface area contributed by atoms with Gasteiger partial charge in [-0.15, -0.1) is 0 Å². The van der Waals surface area contributed by atoms with Crippen LogP contribution in [0.4, 0.5) is 0 Å². The van der Waals surface area contributed by atoms with Gasteiger partial charge in [0.1, 0.15) is 6.04 Å². The fraction of sp³-hybridized carbons (Fsp3) is 0.385. The van der Waals surface area contributed by atoms with Crippen molar-refractivity contribution in [1.29, 1.82) is 0 Å². The summed E-state index contributed by atoms with van der Waals surface area (Å²) in [5.74, 6) is -0.148. The van der Waals surface area contributed by atoms with Crippen molar-refractivity contribution >= 4 is 11.8 Å². The summed E-state index contributed by atoms with van der Waals surface area (Å²) < 4.78 is 0. The van der Waals surface area contributed by atoms with Crippen LogP contribution < -0.4 is 10.6 Å². The monoisotopic (exact) mass is 232 g/mol. The van der Waals surface area contributed by atoms with E-state index in [1.54, 1.807) is 0 Å². The quantitative estimate of drug-likeness (QED) is 0.821. The van der Waals surface area contributed by atoms with Crippen molar-refractivity contribution in [2.75, 3.05) is 0 Å². The standard InChI is InChI=1S/C13H16N2O2/c1-9(10-5-3-2-4-6-10)14-13(17)11-7-8-12(16)15-11/h2-6,9,11H,7-8H2,1H3,(H,14,17)(H,15,16)/t9-,11-/m0/s1. The first-order valence-electron chi connectivity index (χ1n) is 5.81. The molecule has 0 aromatic heterocycles. The first kappa shape index (κ1) is 11.6. The molecule has 2 atom stereocenters. The van der Waals surface area contributed by atoms with Crippen molar-refractivity contribution in [1.82, 2.24) is 10.6 Å². The van der Waals surface area contributed by atoms with Gasteiger partial charge in [-0.3, -0.25) is 9.59 Å². The molecular formula is C13H16N2O2. The summed E-state index contributed by atoms with van der Waals surface area (Å²) in [6, 6.07) is 9.35. The van der Waals surface area contributed by atoms with Crippen LogP contribution in [0.2, 0.25) is 0 Å². The second-order valence-corrected chi connectivity index (χ2v) is 4.30. The van der Waals surface area contributed by atoms with Crippen molar-refractivity contribution in [3.63, 3.8) is 0 Å². The van der Waals surface area contributed by atoms with Gasteiger partial charge in [0.2, 0.25) is 11.8 Å². The van der Waals surface area contributed by atoms with Crippen LogP contribution in [-0.4, -0.2) is 17.9 Å². The molecule has 1 saturated heterocycles. The molecule has 0 aliphatic carbocycles. The molecule has 2 N–H and O–H groups in total. The second kappa shape index (κ2) is 4.99. The molecule has 4 nitrogen and oxygen atoms in total. The number of amides is 2. The molecule has 1 aromatic carbocycles. The number of carbonyl (C=O) groups excluding carboxylic acids is 2. The van der Waals surface area contributed by atoms with Gasteiger partial charge in [0.05, 0.1) is 6.04 Å². The van der Waals surface area contributed by atoms with E-state index in [1.165, 1.54) is 0 Å². The van der Waals surface area contributed by atoms with E-state index in [0.29, 0.717) is 12.8 Å². The van der Waals surface area contributed by atoms with E-state index >= 15 is 0 Å². The molecule has 1 aliphatic heterocycles. The Labute approximate surface area is 100 Å². The Morgan fingerprint density at radius 2 is 2.12 bits per heavy atom. The van der Waals surface area contributed by atoms with Crippen LogP contribution in [0.5, 0.6) is 0 Å². The van der Waals surface area contributed by atoms with Crippen LogP contribution in [0.25, 0.3) is 0 Å². The molecule has 0 bridgehead atoms. The Morgan fingerprint density at radius 3 is 2.71 bits per heavy atom. The average Bonchev–Trinajstić information content (AvgIpc) is 2.77. The number of carbonyl (C=O) groups is 2. The van der Waals surface area contributed by atoms with Crippen LogP contribution in [0.3, 0.4) is 0 Å². The van der Waals surface area contributed by atoms with Crippen molar-refractivity contribution in [3.8, 4) is 0 Å². The van der Waals surface area contributed by atoms with E-state index < -0.39 is 0 Å². The molecule has 0 spiro atoms. The zero-order chi connectivity index (χ0) is 12.3. The molecule has 1 fully saturated rings. The Morgan fingerprint density at radius 1 is 1.41 bits per heavy atom. The van der Waals surface area contributed by atoms with E-state index in [2.05, 4.69) is 10.6 Å². The van der Waals surface area contributed by atoms with E-state index in [0.717, 1.165) is 5.56 Å². The third-order valence-corrected chi connectivity index (χ3v) is 2.97. The first-order valence-corrected chi connectivity index (χ1v) is 5.81. The number of hydrogen-bond donors (Lipinski definition) is 2. The summed E-state index contributed by atoms with van der Waals surface area (Å²) in [5, 5.41) is 5.56. The fourth-order valence-electron chi connectivity index (χ4n) is 1.95. The van der Waals surface area contributed by atoms with Crippen LogP contribution in [0.15, 0.2) is 30.3 Å². The minimum Gasteiger partial charge on any atom is -0.348 e. The Hall–Kier alpha value is -1.84. The van der Waals surface area contributed by atoms with Gasteiger partial charge in [-0.05, 0) is 18.9 Å². The maximum Gasteiger partial charge on any atom is 0.243 e. The van der Waals surface area contributed by atoms with E-state index in [-0.39, 0.29) is 23.9 Å². The molecule has 4 heteroatoms. The zero-order valence-electron chi connectivity index (χ0n) is 9.77. The zero-order valence-corrected chi connectivity index (χ0v) is 9.77. The summed E-state index contributed by atoms with van der Waals surface area (Å²) in [6.45, 7) is 1.93. The molecular weight excluding hydrogens is 216 g/mol. The van der Waals surface area contributed by atoms with Gasteiger partial charge in [0, 0.05) is 6.42 Å². The van der Waals surface area contributed by atoms with E-state index in [9.17, 15) is 9.59 Å². The molecule has 0 radical (unpaired) electrons. The number of rotatable bonds is 3. The Bertz CT molecular complexity index is 417. The van der Waals surface area contributed by atoms with Crippen molar-refractivity contribution in [3.05, 3.63) is 35.9 Å². The van der Waals surface area contributed by atoms with E-state index in [1.807, 2.05) is 37.3 Å².